The van der Waals surface area contributed by atoms with E-state index in [1.165, 1.54) is 11.3 Å². The molecular formula is C16H15NO3S. The van der Waals surface area contributed by atoms with E-state index >= 15 is 0 Å². The van der Waals surface area contributed by atoms with Gasteiger partial charge in [0.15, 0.2) is 0 Å². The van der Waals surface area contributed by atoms with Crippen LogP contribution in [0.3, 0.4) is 0 Å². The standard InChI is InChI=1S/C16H15NO3S/c1-4-10(2)20-13-6-5-11(9-12(13)17-3)14-7-8-15(21-14)16(18)19/h5-10H,4H2,1-2H3,(H,18,19). The molecular weight excluding hydrogens is 286 g/mol. The Kier molecular flexibility index (Phi) is 4.61. The van der Waals surface area contributed by atoms with E-state index in [-0.39, 0.29) is 11.0 Å². The van der Waals surface area contributed by atoms with Gasteiger partial charge in [-0.25, -0.2) is 9.64 Å². The van der Waals surface area contributed by atoms with Crippen LogP contribution in [0.1, 0.15) is 29.9 Å². The molecule has 108 valence electrons. The van der Waals surface area contributed by atoms with Gasteiger partial charge in [-0.3, -0.25) is 0 Å². The van der Waals surface area contributed by atoms with Crippen LogP contribution in [-0.4, -0.2) is 17.2 Å². The second-order valence-electron chi connectivity index (χ2n) is 4.60. The molecule has 0 aliphatic carbocycles. The quantitative estimate of drug-likeness (QED) is 0.804. The third kappa shape index (κ3) is 3.41. The predicted molar refractivity (Wildman–Crippen MR) is 83.4 cm³/mol. The minimum absolute atomic E-state index is 0.0525. The summed E-state index contributed by atoms with van der Waals surface area (Å²) in [7, 11) is 0. The van der Waals surface area contributed by atoms with Crippen molar-refractivity contribution in [2.45, 2.75) is 26.4 Å². The topological polar surface area (TPSA) is 50.9 Å². The Morgan fingerprint density at radius 3 is 2.76 bits per heavy atom. The number of thiophene rings is 1. The van der Waals surface area contributed by atoms with Gasteiger partial charge < -0.3 is 9.84 Å². The number of carboxylic acids is 1. The predicted octanol–water partition coefficient (Wildman–Crippen LogP) is 4.84. The van der Waals surface area contributed by atoms with Gasteiger partial charge in [-0.1, -0.05) is 13.0 Å². The Morgan fingerprint density at radius 2 is 2.19 bits per heavy atom. The molecule has 1 heterocycles. The van der Waals surface area contributed by atoms with Gasteiger partial charge in [-0.2, -0.15) is 0 Å². The van der Waals surface area contributed by atoms with Gasteiger partial charge in [-0.15, -0.1) is 11.3 Å². The van der Waals surface area contributed by atoms with Gasteiger partial charge in [0, 0.05) is 4.88 Å². The Morgan fingerprint density at radius 1 is 1.43 bits per heavy atom. The van der Waals surface area contributed by atoms with Gasteiger partial charge in [0.25, 0.3) is 0 Å². The van der Waals surface area contributed by atoms with Crippen molar-refractivity contribution in [2.75, 3.05) is 0 Å². The van der Waals surface area contributed by atoms with Crippen LogP contribution in [0.25, 0.3) is 15.3 Å². The zero-order valence-electron chi connectivity index (χ0n) is 11.8. The van der Waals surface area contributed by atoms with E-state index < -0.39 is 5.97 Å². The van der Waals surface area contributed by atoms with Crippen molar-refractivity contribution in [1.29, 1.82) is 0 Å². The molecule has 0 saturated carbocycles. The van der Waals surface area contributed by atoms with Gasteiger partial charge in [0.2, 0.25) is 5.69 Å². The molecule has 1 atom stereocenters. The summed E-state index contributed by atoms with van der Waals surface area (Å²) in [6.07, 6.45) is 0.920. The molecule has 0 bridgehead atoms. The summed E-state index contributed by atoms with van der Waals surface area (Å²) >= 11 is 1.19. The van der Waals surface area contributed by atoms with Crippen LogP contribution in [0.5, 0.6) is 5.75 Å². The minimum Gasteiger partial charge on any atom is -0.502 e. The summed E-state index contributed by atoms with van der Waals surface area (Å²) in [4.78, 5) is 15.5. The van der Waals surface area contributed by atoms with Gasteiger partial charge in [0.1, 0.15) is 10.6 Å². The lowest BCUT2D eigenvalue weighted by Crippen LogP contribution is -2.09. The molecule has 2 aromatic rings. The summed E-state index contributed by atoms with van der Waals surface area (Å²) in [5, 5.41) is 8.96. The Balaban J connectivity index is 2.34. The fraction of sp³-hybridized carbons (Fsp3) is 0.250. The number of rotatable bonds is 5. The van der Waals surface area contributed by atoms with Crippen LogP contribution < -0.4 is 4.74 Å². The number of benzene rings is 1. The molecule has 1 aromatic carbocycles. The molecule has 2 rings (SSSR count). The van der Waals surface area contributed by atoms with Crippen LogP contribution in [0.4, 0.5) is 5.69 Å². The number of carbonyl (C=O) groups is 1. The van der Waals surface area contributed by atoms with Crippen molar-refractivity contribution < 1.29 is 14.6 Å². The molecule has 1 unspecified atom stereocenters. The third-order valence-electron chi connectivity index (χ3n) is 3.08. The van der Waals surface area contributed by atoms with Crippen molar-refractivity contribution in [3.63, 3.8) is 0 Å². The lowest BCUT2D eigenvalue weighted by molar-refractivity contribution is 0.0702. The first kappa shape index (κ1) is 15.1. The van der Waals surface area contributed by atoms with Crippen LogP contribution in [0, 0.1) is 6.57 Å². The molecule has 1 aromatic heterocycles. The highest BCUT2D eigenvalue weighted by atomic mass is 32.1. The van der Waals surface area contributed by atoms with Crippen LogP contribution in [0.15, 0.2) is 30.3 Å². The van der Waals surface area contributed by atoms with Gasteiger partial charge in [-0.05, 0) is 43.2 Å². The summed E-state index contributed by atoms with van der Waals surface area (Å²) in [6.45, 7) is 11.3. The number of hydrogen-bond acceptors (Lipinski definition) is 3. The van der Waals surface area contributed by atoms with E-state index in [0.717, 1.165) is 16.9 Å². The van der Waals surface area contributed by atoms with E-state index in [0.29, 0.717) is 11.4 Å². The zero-order chi connectivity index (χ0) is 15.4. The highest BCUT2D eigenvalue weighted by Gasteiger charge is 2.12. The van der Waals surface area contributed by atoms with E-state index in [9.17, 15) is 4.79 Å². The minimum atomic E-state index is -0.937. The van der Waals surface area contributed by atoms with Gasteiger partial charge in [0.05, 0.1) is 12.7 Å². The third-order valence-corrected chi connectivity index (χ3v) is 4.21. The fourth-order valence-electron chi connectivity index (χ4n) is 1.77. The maximum atomic E-state index is 10.9. The monoisotopic (exact) mass is 301 g/mol. The lowest BCUT2D eigenvalue weighted by atomic mass is 10.1. The molecule has 1 N–H and O–H groups in total. The van der Waals surface area contributed by atoms with Crippen LogP contribution in [-0.2, 0) is 0 Å². The Labute approximate surface area is 127 Å². The average molecular weight is 301 g/mol. The smallest absolute Gasteiger partial charge is 0.345 e. The van der Waals surface area contributed by atoms with Crippen LogP contribution >= 0.6 is 11.3 Å². The SMILES string of the molecule is [C-]#[N+]c1cc(-c2ccc(C(=O)O)s2)ccc1OC(C)CC. The normalized spacial score (nSPS) is 11.7. The molecule has 0 aliphatic heterocycles. The molecule has 0 saturated heterocycles. The number of carboxylic acid groups (broad SMARTS) is 1. The molecule has 4 nitrogen and oxygen atoms in total. The van der Waals surface area contributed by atoms with Crippen molar-refractivity contribution in [3.8, 4) is 16.2 Å². The number of hydrogen-bond donors (Lipinski definition) is 1. The fourth-order valence-corrected chi connectivity index (χ4v) is 2.61. The van der Waals surface area contributed by atoms with Crippen LogP contribution in [0.2, 0.25) is 0 Å². The Bertz CT molecular complexity index is 700. The lowest BCUT2D eigenvalue weighted by Gasteiger charge is -2.14. The number of aromatic carboxylic acids is 1. The first-order chi connectivity index (χ1) is 10.0. The van der Waals surface area contributed by atoms with E-state index in [1.807, 2.05) is 19.9 Å². The maximum Gasteiger partial charge on any atom is 0.345 e. The summed E-state index contributed by atoms with van der Waals surface area (Å²) < 4.78 is 5.72. The van der Waals surface area contributed by atoms with Crippen molar-refractivity contribution >= 4 is 23.0 Å². The van der Waals surface area contributed by atoms with Crippen molar-refractivity contribution in [1.82, 2.24) is 0 Å². The number of ether oxygens (including phenoxy) is 1. The molecule has 0 radical (unpaired) electrons. The molecule has 5 heteroatoms. The summed E-state index contributed by atoms with van der Waals surface area (Å²) in [5.74, 6) is -0.369. The molecule has 0 amide bonds. The maximum absolute atomic E-state index is 10.9. The van der Waals surface area contributed by atoms with Crippen molar-refractivity contribution in [3.05, 3.63) is 46.6 Å². The van der Waals surface area contributed by atoms with E-state index in [1.54, 1.807) is 24.3 Å². The zero-order valence-corrected chi connectivity index (χ0v) is 12.6. The first-order valence-electron chi connectivity index (χ1n) is 6.56. The first-order valence-corrected chi connectivity index (χ1v) is 7.38. The highest BCUT2D eigenvalue weighted by Crippen LogP contribution is 2.36. The second kappa shape index (κ2) is 6.42. The molecule has 0 spiro atoms. The number of nitrogens with zero attached hydrogens (tertiary/aromatic N) is 1. The average Bonchev–Trinajstić information content (AvgIpc) is 2.97. The molecule has 0 fully saturated rings. The summed E-state index contributed by atoms with van der Waals surface area (Å²) in [5.41, 5.74) is 1.27. The largest absolute Gasteiger partial charge is 0.502 e. The summed E-state index contributed by atoms with van der Waals surface area (Å²) in [6, 6.07) is 8.69. The van der Waals surface area contributed by atoms with E-state index in [4.69, 9.17) is 16.4 Å². The highest BCUT2D eigenvalue weighted by molar-refractivity contribution is 7.17. The Hall–Kier alpha value is -2.32. The van der Waals surface area contributed by atoms with Crippen molar-refractivity contribution in [2.24, 2.45) is 0 Å². The second-order valence-corrected chi connectivity index (χ2v) is 5.68. The van der Waals surface area contributed by atoms with Gasteiger partial charge >= 0.3 is 5.97 Å². The molecule has 21 heavy (non-hydrogen) atoms. The van der Waals surface area contributed by atoms with E-state index in [2.05, 4.69) is 4.85 Å². The molecule has 0 aliphatic rings.